The fraction of sp³-hybridized carbons (Fsp3) is 0.300. The number of anilines is 1. The van der Waals surface area contributed by atoms with Crippen LogP contribution >= 0.6 is 0 Å². The summed E-state index contributed by atoms with van der Waals surface area (Å²) in [6.45, 7) is 0.775. The molecule has 0 fully saturated rings. The first-order valence-electron chi connectivity index (χ1n) is 9.27. The molecule has 0 saturated heterocycles. The van der Waals surface area contributed by atoms with Gasteiger partial charge in [0.25, 0.3) is 5.56 Å². The molecule has 0 saturated carbocycles. The number of aryl methyl sites for hydroxylation is 1. The van der Waals surface area contributed by atoms with Gasteiger partial charge in [0.1, 0.15) is 11.6 Å². The van der Waals surface area contributed by atoms with Gasteiger partial charge in [0, 0.05) is 18.7 Å². The molecule has 1 aliphatic rings. The summed E-state index contributed by atoms with van der Waals surface area (Å²) in [6.07, 6.45) is 5.34. The Morgan fingerprint density at radius 1 is 1.14 bits per heavy atom. The van der Waals surface area contributed by atoms with Crippen LogP contribution in [0.4, 0.5) is 5.69 Å². The quantitative estimate of drug-likeness (QED) is 0.676. The van der Waals surface area contributed by atoms with Gasteiger partial charge in [0.05, 0.1) is 23.7 Å². The van der Waals surface area contributed by atoms with E-state index in [9.17, 15) is 14.4 Å². The second-order valence-corrected chi connectivity index (χ2v) is 6.74. The van der Waals surface area contributed by atoms with Crippen molar-refractivity contribution in [3.63, 3.8) is 0 Å². The maximum Gasteiger partial charge on any atom is 0.313 e. The normalized spacial score (nSPS) is 13.6. The Labute approximate surface area is 160 Å². The molecule has 1 aromatic carbocycles. The van der Waals surface area contributed by atoms with Crippen LogP contribution in [-0.4, -0.2) is 21.4 Å². The van der Waals surface area contributed by atoms with Crippen molar-refractivity contribution < 1.29 is 14.0 Å². The van der Waals surface area contributed by atoms with Gasteiger partial charge in [0.2, 0.25) is 0 Å². The Kier molecular flexibility index (Phi) is 4.92. The topological polar surface area (TPSA) is 106 Å². The summed E-state index contributed by atoms with van der Waals surface area (Å²) in [5.74, 6) is -0.238. The molecule has 1 aliphatic heterocycles. The van der Waals surface area contributed by atoms with Crippen LogP contribution in [0.1, 0.15) is 30.8 Å². The lowest BCUT2D eigenvalue weighted by molar-refractivity contribution is -0.136. The number of nitrogens with zero attached hydrogens (tertiary/aromatic N) is 2. The number of benzene rings is 1. The van der Waals surface area contributed by atoms with Crippen molar-refractivity contribution in [2.75, 3.05) is 5.32 Å². The number of nitrogens with one attached hydrogen (secondary N) is 2. The second-order valence-electron chi connectivity index (χ2n) is 6.74. The van der Waals surface area contributed by atoms with Crippen LogP contribution in [-0.2, 0) is 29.1 Å². The monoisotopic (exact) mass is 380 g/mol. The van der Waals surface area contributed by atoms with E-state index < -0.39 is 11.8 Å². The number of carbonyl (C=O) groups excluding carboxylic acids is 2. The minimum Gasteiger partial charge on any atom is -0.467 e. The predicted octanol–water partition coefficient (Wildman–Crippen LogP) is 1.97. The Morgan fingerprint density at radius 3 is 2.86 bits per heavy atom. The molecule has 0 spiro atoms. The lowest BCUT2D eigenvalue weighted by atomic mass is 10.2. The van der Waals surface area contributed by atoms with E-state index in [4.69, 9.17) is 4.42 Å². The third-order valence-corrected chi connectivity index (χ3v) is 4.78. The van der Waals surface area contributed by atoms with E-state index in [1.807, 2.05) is 0 Å². The SMILES string of the molecule is O=C(NCc1ccco1)C(=O)Nc1ccc2nc3n(c(=O)c2c1)CCCCC3. The van der Waals surface area contributed by atoms with Crippen LogP contribution in [0.5, 0.6) is 0 Å². The molecule has 0 aliphatic carbocycles. The highest BCUT2D eigenvalue weighted by Gasteiger charge is 2.17. The highest BCUT2D eigenvalue weighted by Crippen LogP contribution is 2.18. The van der Waals surface area contributed by atoms with Crippen LogP contribution in [0.3, 0.4) is 0 Å². The molecule has 0 unspecified atom stereocenters. The number of aromatic nitrogens is 2. The highest BCUT2D eigenvalue weighted by molar-refractivity contribution is 6.39. The molecule has 8 nitrogen and oxygen atoms in total. The number of amides is 2. The van der Waals surface area contributed by atoms with E-state index >= 15 is 0 Å². The van der Waals surface area contributed by atoms with Crippen molar-refractivity contribution in [2.24, 2.45) is 0 Å². The molecule has 3 heterocycles. The average Bonchev–Trinajstić information content (AvgIpc) is 3.11. The molecule has 0 radical (unpaired) electrons. The molecule has 2 N–H and O–H groups in total. The van der Waals surface area contributed by atoms with E-state index in [0.717, 1.165) is 31.5 Å². The standard InChI is InChI=1S/C20H20N4O4/c25-18(21-12-14-5-4-10-28-14)19(26)22-13-7-8-16-15(11-13)20(27)24-9-3-1-2-6-17(24)23-16/h4-5,7-8,10-11H,1-3,6,9,12H2,(H,21,25)(H,22,26). The highest BCUT2D eigenvalue weighted by atomic mass is 16.3. The van der Waals surface area contributed by atoms with E-state index in [1.165, 1.54) is 6.26 Å². The van der Waals surface area contributed by atoms with E-state index in [1.54, 1.807) is 34.9 Å². The first kappa shape index (κ1) is 18.0. The first-order chi connectivity index (χ1) is 13.6. The molecular weight excluding hydrogens is 360 g/mol. The largest absolute Gasteiger partial charge is 0.467 e. The summed E-state index contributed by atoms with van der Waals surface area (Å²) in [5.41, 5.74) is 0.859. The number of hydrogen-bond donors (Lipinski definition) is 2. The first-order valence-corrected chi connectivity index (χ1v) is 9.27. The summed E-state index contributed by atoms with van der Waals surface area (Å²) in [6, 6.07) is 8.30. The molecule has 3 aromatic rings. The molecule has 144 valence electrons. The van der Waals surface area contributed by atoms with Crippen molar-refractivity contribution >= 4 is 28.4 Å². The lowest BCUT2D eigenvalue weighted by Gasteiger charge is -2.11. The Hall–Kier alpha value is -3.42. The van der Waals surface area contributed by atoms with Crippen molar-refractivity contribution in [3.8, 4) is 0 Å². The van der Waals surface area contributed by atoms with Gasteiger partial charge in [0.15, 0.2) is 0 Å². The molecule has 28 heavy (non-hydrogen) atoms. The number of hydrogen-bond acceptors (Lipinski definition) is 5. The average molecular weight is 380 g/mol. The van der Waals surface area contributed by atoms with Gasteiger partial charge in [-0.2, -0.15) is 0 Å². The second kappa shape index (κ2) is 7.67. The number of carbonyl (C=O) groups is 2. The fourth-order valence-corrected chi connectivity index (χ4v) is 3.34. The van der Waals surface area contributed by atoms with Crippen LogP contribution in [0.25, 0.3) is 10.9 Å². The smallest absolute Gasteiger partial charge is 0.313 e. The maximum absolute atomic E-state index is 12.9. The minimum absolute atomic E-state index is 0.111. The van der Waals surface area contributed by atoms with Crippen molar-refractivity contribution in [3.05, 3.63) is 58.5 Å². The van der Waals surface area contributed by atoms with E-state index in [2.05, 4.69) is 15.6 Å². The molecule has 0 atom stereocenters. The van der Waals surface area contributed by atoms with Gasteiger partial charge in [-0.1, -0.05) is 6.42 Å². The Bertz CT molecular complexity index is 1090. The summed E-state index contributed by atoms with van der Waals surface area (Å²) >= 11 is 0. The van der Waals surface area contributed by atoms with E-state index in [0.29, 0.717) is 28.9 Å². The molecule has 8 heteroatoms. The van der Waals surface area contributed by atoms with E-state index in [-0.39, 0.29) is 12.1 Å². The van der Waals surface area contributed by atoms with Crippen LogP contribution in [0.2, 0.25) is 0 Å². The zero-order chi connectivity index (χ0) is 19.5. The Morgan fingerprint density at radius 2 is 2.04 bits per heavy atom. The molecule has 2 aromatic heterocycles. The maximum atomic E-state index is 12.9. The summed E-state index contributed by atoms with van der Waals surface area (Å²) < 4.78 is 6.83. The number of furan rings is 1. The zero-order valence-corrected chi connectivity index (χ0v) is 15.2. The van der Waals surface area contributed by atoms with Gasteiger partial charge >= 0.3 is 11.8 Å². The summed E-state index contributed by atoms with van der Waals surface area (Å²) in [4.78, 5) is 41.5. The number of rotatable bonds is 3. The van der Waals surface area contributed by atoms with Crippen molar-refractivity contribution in [1.82, 2.24) is 14.9 Å². The molecule has 2 amide bonds. The van der Waals surface area contributed by atoms with Crippen LogP contribution in [0, 0.1) is 0 Å². The Balaban J connectivity index is 1.52. The van der Waals surface area contributed by atoms with Crippen molar-refractivity contribution in [2.45, 2.75) is 38.8 Å². The van der Waals surface area contributed by atoms with Gasteiger partial charge in [-0.15, -0.1) is 0 Å². The van der Waals surface area contributed by atoms with Gasteiger partial charge in [-0.05, 0) is 43.2 Å². The fourth-order valence-electron chi connectivity index (χ4n) is 3.34. The third kappa shape index (κ3) is 3.66. The molecule has 0 bridgehead atoms. The molecular formula is C20H20N4O4. The van der Waals surface area contributed by atoms with Crippen LogP contribution in [0.15, 0.2) is 45.8 Å². The minimum atomic E-state index is -0.811. The van der Waals surface area contributed by atoms with Crippen LogP contribution < -0.4 is 16.2 Å². The predicted molar refractivity (Wildman–Crippen MR) is 103 cm³/mol. The van der Waals surface area contributed by atoms with Gasteiger partial charge in [-0.3, -0.25) is 19.0 Å². The van der Waals surface area contributed by atoms with Gasteiger partial charge < -0.3 is 15.1 Å². The van der Waals surface area contributed by atoms with Gasteiger partial charge in [-0.25, -0.2) is 4.98 Å². The lowest BCUT2D eigenvalue weighted by Crippen LogP contribution is -2.34. The summed E-state index contributed by atoms with van der Waals surface area (Å²) in [7, 11) is 0. The third-order valence-electron chi connectivity index (χ3n) is 4.78. The zero-order valence-electron chi connectivity index (χ0n) is 15.2. The molecule has 4 rings (SSSR count). The number of fused-ring (bicyclic) bond motifs is 2. The van der Waals surface area contributed by atoms with Crippen molar-refractivity contribution in [1.29, 1.82) is 0 Å². The summed E-state index contributed by atoms with van der Waals surface area (Å²) in [5, 5.41) is 5.43.